The third kappa shape index (κ3) is 3.24. The number of piperazine rings is 1. The average molecular weight is 421 g/mol. The zero-order valence-corrected chi connectivity index (χ0v) is 17.3. The number of aromatic nitrogens is 2. The van der Waals surface area contributed by atoms with Crippen molar-refractivity contribution < 1.29 is 14.4 Å². The summed E-state index contributed by atoms with van der Waals surface area (Å²) in [6.45, 7) is 4.40. The molecule has 0 aliphatic carbocycles. The molecule has 3 aliphatic rings. The molecule has 31 heavy (non-hydrogen) atoms. The second kappa shape index (κ2) is 7.53. The molecule has 0 bridgehead atoms. The molecule has 0 N–H and O–H groups in total. The SMILES string of the molecule is CC(=O)N1CCN(C(=O)CN2C(=O)N3CCN=C3c3cnn(-c4ccccc4)c32)CC1. The van der Waals surface area contributed by atoms with Gasteiger partial charge in [0.1, 0.15) is 12.4 Å². The van der Waals surface area contributed by atoms with E-state index in [1.807, 2.05) is 30.3 Å². The van der Waals surface area contributed by atoms with E-state index in [0.717, 1.165) is 11.3 Å². The molecule has 1 aromatic carbocycles. The van der Waals surface area contributed by atoms with E-state index in [-0.39, 0.29) is 24.4 Å². The van der Waals surface area contributed by atoms with Crippen LogP contribution in [-0.2, 0) is 9.59 Å². The number of nitrogens with zero attached hydrogens (tertiary/aromatic N) is 7. The maximum absolute atomic E-state index is 13.3. The Morgan fingerprint density at radius 2 is 1.71 bits per heavy atom. The molecule has 3 aliphatic heterocycles. The summed E-state index contributed by atoms with van der Waals surface area (Å²) >= 11 is 0. The van der Waals surface area contributed by atoms with Crippen LogP contribution in [0.1, 0.15) is 12.5 Å². The molecular formula is C21H23N7O3. The first-order valence-corrected chi connectivity index (χ1v) is 10.3. The summed E-state index contributed by atoms with van der Waals surface area (Å²) in [4.78, 5) is 49.0. The van der Waals surface area contributed by atoms with Crippen molar-refractivity contribution in [3.63, 3.8) is 0 Å². The molecule has 0 saturated carbocycles. The van der Waals surface area contributed by atoms with Gasteiger partial charge in [0.2, 0.25) is 11.8 Å². The summed E-state index contributed by atoms with van der Waals surface area (Å²) < 4.78 is 1.69. The maximum Gasteiger partial charge on any atom is 0.331 e. The minimum atomic E-state index is -0.267. The molecule has 0 unspecified atom stereocenters. The molecule has 10 nitrogen and oxygen atoms in total. The van der Waals surface area contributed by atoms with E-state index in [1.165, 1.54) is 11.8 Å². The van der Waals surface area contributed by atoms with Crippen LogP contribution in [0.3, 0.4) is 0 Å². The minimum absolute atomic E-state index is 0.00978. The monoisotopic (exact) mass is 421 g/mol. The summed E-state index contributed by atoms with van der Waals surface area (Å²) in [6, 6.07) is 9.25. The quantitative estimate of drug-likeness (QED) is 0.724. The lowest BCUT2D eigenvalue weighted by molar-refractivity contribution is -0.137. The molecule has 2 aromatic rings. The first kappa shape index (κ1) is 19.3. The fraction of sp³-hybridized carbons (Fsp3) is 0.381. The number of hydrogen-bond donors (Lipinski definition) is 0. The zero-order valence-electron chi connectivity index (χ0n) is 17.3. The number of rotatable bonds is 3. The van der Waals surface area contributed by atoms with Gasteiger partial charge >= 0.3 is 6.03 Å². The predicted octanol–water partition coefficient (Wildman–Crippen LogP) is 0.565. The van der Waals surface area contributed by atoms with Crippen LogP contribution in [0.4, 0.5) is 10.6 Å². The van der Waals surface area contributed by atoms with Gasteiger partial charge in [0.25, 0.3) is 0 Å². The fourth-order valence-corrected chi connectivity index (χ4v) is 4.27. The van der Waals surface area contributed by atoms with Gasteiger partial charge in [-0.25, -0.2) is 9.48 Å². The number of amides is 4. The number of para-hydroxylation sites is 1. The average Bonchev–Trinajstić information content (AvgIpc) is 3.44. The Balaban J connectivity index is 1.46. The van der Waals surface area contributed by atoms with Gasteiger partial charge in [-0.15, -0.1) is 0 Å². The molecule has 0 radical (unpaired) electrons. The molecule has 1 aromatic heterocycles. The van der Waals surface area contributed by atoms with Crippen molar-refractivity contribution in [2.75, 3.05) is 50.7 Å². The molecule has 160 valence electrons. The molecule has 0 atom stereocenters. The van der Waals surface area contributed by atoms with Gasteiger partial charge in [0.05, 0.1) is 24.0 Å². The first-order valence-electron chi connectivity index (χ1n) is 10.3. The van der Waals surface area contributed by atoms with Gasteiger partial charge in [-0.05, 0) is 12.1 Å². The van der Waals surface area contributed by atoms with Gasteiger partial charge in [-0.3, -0.25) is 24.4 Å². The smallest absolute Gasteiger partial charge is 0.331 e. The number of aliphatic imine (C=N–C) groups is 1. The second-order valence-corrected chi connectivity index (χ2v) is 7.74. The molecular weight excluding hydrogens is 398 g/mol. The van der Waals surface area contributed by atoms with Gasteiger partial charge in [-0.1, -0.05) is 18.2 Å². The highest BCUT2D eigenvalue weighted by Crippen LogP contribution is 2.32. The number of anilines is 1. The number of hydrogen-bond acceptors (Lipinski definition) is 5. The van der Waals surface area contributed by atoms with Crippen molar-refractivity contribution in [2.24, 2.45) is 4.99 Å². The van der Waals surface area contributed by atoms with Crippen LogP contribution in [-0.4, -0.2) is 94.0 Å². The number of carbonyl (C=O) groups excluding carboxylic acids is 3. The Morgan fingerprint density at radius 1 is 1.00 bits per heavy atom. The molecule has 4 heterocycles. The van der Waals surface area contributed by atoms with Crippen molar-refractivity contribution >= 4 is 29.5 Å². The van der Waals surface area contributed by atoms with E-state index < -0.39 is 0 Å². The number of amidine groups is 1. The Kier molecular flexibility index (Phi) is 4.68. The summed E-state index contributed by atoms with van der Waals surface area (Å²) in [5, 5.41) is 4.51. The van der Waals surface area contributed by atoms with E-state index >= 15 is 0 Å². The molecule has 1 saturated heterocycles. The lowest BCUT2D eigenvalue weighted by atomic mass is 10.2. The van der Waals surface area contributed by atoms with Crippen molar-refractivity contribution in [2.45, 2.75) is 6.92 Å². The normalized spacial score (nSPS) is 18.1. The Hall–Kier alpha value is -3.69. The molecule has 0 spiro atoms. The van der Waals surface area contributed by atoms with E-state index in [2.05, 4.69) is 10.1 Å². The van der Waals surface area contributed by atoms with Crippen LogP contribution in [0.15, 0.2) is 41.5 Å². The topological polar surface area (TPSA) is 94.3 Å². The number of carbonyl (C=O) groups is 3. The predicted molar refractivity (Wildman–Crippen MR) is 113 cm³/mol. The van der Waals surface area contributed by atoms with Crippen molar-refractivity contribution in [1.29, 1.82) is 0 Å². The van der Waals surface area contributed by atoms with Gasteiger partial charge in [0.15, 0.2) is 5.82 Å². The Labute approximate surface area is 179 Å². The Bertz CT molecular complexity index is 1070. The minimum Gasteiger partial charge on any atom is -0.339 e. The Morgan fingerprint density at radius 3 is 2.42 bits per heavy atom. The maximum atomic E-state index is 13.3. The standard InChI is InChI=1S/C21H23N7O3/c1-15(29)24-9-11-25(12-10-24)18(30)14-27-20-17(19-22-7-8-26(19)21(27)31)13-23-28(20)16-5-3-2-4-6-16/h2-6,13H,7-12,14H2,1H3. The number of urea groups is 1. The van der Waals surface area contributed by atoms with Crippen LogP contribution in [0.25, 0.3) is 5.69 Å². The van der Waals surface area contributed by atoms with Crippen LogP contribution in [0.5, 0.6) is 0 Å². The van der Waals surface area contributed by atoms with Crippen LogP contribution >= 0.6 is 0 Å². The van der Waals surface area contributed by atoms with Gasteiger partial charge in [0, 0.05) is 39.6 Å². The largest absolute Gasteiger partial charge is 0.339 e. The molecule has 10 heteroatoms. The second-order valence-electron chi connectivity index (χ2n) is 7.74. The number of benzene rings is 1. The molecule has 4 amide bonds. The summed E-state index contributed by atoms with van der Waals surface area (Å²) in [5.74, 6) is 1.03. The molecule has 1 fully saturated rings. The van der Waals surface area contributed by atoms with Gasteiger partial charge in [-0.2, -0.15) is 5.10 Å². The summed E-state index contributed by atoms with van der Waals surface area (Å²) in [7, 11) is 0. The van der Waals surface area contributed by atoms with E-state index in [1.54, 1.807) is 25.6 Å². The number of fused-ring (bicyclic) bond motifs is 3. The van der Waals surface area contributed by atoms with Gasteiger partial charge < -0.3 is 9.80 Å². The van der Waals surface area contributed by atoms with Crippen LogP contribution in [0, 0.1) is 0 Å². The lowest BCUT2D eigenvalue weighted by Crippen LogP contribution is -2.56. The highest BCUT2D eigenvalue weighted by Gasteiger charge is 2.41. The zero-order chi connectivity index (χ0) is 21.5. The third-order valence-corrected chi connectivity index (χ3v) is 5.91. The van der Waals surface area contributed by atoms with E-state index in [0.29, 0.717) is 50.9 Å². The van der Waals surface area contributed by atoms with Crippen molar-refractivity contribution in [3.05, 3.63) is 42.1 Å². The van der Waals surface area contributed by atoms with Crippen molar-refractivity contribution in [1.82, 2.24) is 24.5 Å². The lowest BCUT2D eigenvalue weighted by Gasteiger charge is -2.37. The highest BCUT2D eigenvalue weighted by molar-refractivity contribution is 6.20. The van der Waals surface area contributed by atoms with Crippen LogP contribution < -0.4 is 4.90 Å². The molecule has 5 rings (SSSR count). The van der Waals surface area contributed by atoms with E-state index in [9.17, 15) is 14.4 Å². The fourth-order valence-electron chi connectivity index (χ4n) is 4.27. The third-order valence-electron chi connectivity index (χ3n) is 5.91. The summed E-state index contributed by atoms with van der Waals surface area (Å²) in [5.41, 5.74) is 1.55. The van der Waals surface area contributed by atoms with Crippen molar-refractivity contribution in [3.8, 4) is 5.69 Å². The summed E-state index contributed by atoms with van der Waals surface area (Å²) in [6.07, 6.45) is 1.70. The highest BCUT2D eigenvalue weighted by atomic mass is 16.2. The first-order chi connectivity index (χ1) is 15.0. The van der Waals surface area contributed by atoms with Crippen LogP contribution in [0.2, 0.25) is 0 Å². The van der Waals surface area contributed by atoms with E-state index in [4.69, 9.17) is 0 Å².